The summed E-state index contributed by atoms with van der Waals surface area (Å²) >= 11 is 0. The molecule has 7 heteroatoms. The van der Waals surface area contributed by atoms with E-state index in [1.54, 1.807) is 39.0 Å². The van der Waals surface area contributed by atoms with Gasteiger partial charge in [-0.25, -0.2) is 4.39 Å². The summed E-state index contributed by atoms with van der Waals surface area (Å²) in [6.07, 6.45) is -0.532. The molecule has 1 heterocycles. The van der Waals surface area contributed by atoms with Crippen LogP contribution in [0.2, 0.25) is 0 Å². The average molecular weight is 502 g/mol. The molecule has 0 radical (unpaired) electrons. The number of rotatable bonds is 9. The van der Waals surface area contributed by atoms with Gasteiger partial charge in [0.15, 0.2) is 5.76 Å². The van der Waals surface area contributed by atoms with Gasteiger partial charge in [-0.3, -0.25) is 9.59 Å². The molecule has 0 saturated carbocycles. The van der Waals surface area contributed by atoms with Gasteiger partial charge >= 0.3 is 11.9 Å². The Kier molecular flexibility index (Phi) is 8.13. The molecule has 0 saturated heterocycles. The van der Waals surface area contributed by atoms with E-state index in [9.17, 15) is 14.0 Å². The Labute approximate surface area is 215 Å². The number of aromatic nitrogens is 1. The molecule has 0 aliphatic carbocycles. The van der Waals surface area contributed by atoms with Gasteiger partial charge in [0, 0.05) is 16.7 Å². The van der Waals surface area contributed by atoms with Crippen molar-refractivity contribution in [1.29, 1.82) is 0 Å². The summed E-state index contributed by atoms with van der Waals surface area (Å²) in [6, 6.07) is 21.7. The maximum absolute atomic E-state index is 14.0. The normalized spacial score (nSPS) is 11.7. The Hall–Kier alpha value is -4.26. The summed E-state index contributed by atoms with van der Waals surface area (Å²) in [5, 5.41) is 4.04. The van der Waals surface area contributed by atoms with E-state index in [1.807, 2.05) is 48.5 Å². The molecule has 37 heavy (non-hydrogen) atoms. The highest BCUT2D eigenvalue weighted by atomic mass is 19.1. The van der Waals surface area contributed by atoms with Gasteiger partial charge < -0.3 is 14.0 Å². The van der Waals surface area contributed by atoms with Crippen LogP contribution < -0.4 is 0 Å². The fourth-order valence-corrected chi connectivity index (χ4v) is 4.08. The molecule has 0 bridgehead atoms. The van der Waals surface area contributed by atoms with E-state index in [0.29, 0.717) is 29.2 Å². The second kappa shape index (κ2) is 11.6. The molecule has 0 spiro atoms. The van der Waals surface area contributed by atoms with Crippen LogP contribution in [-0.4, -0.2) is 23.7 Å². The molecule has 0 fully saturated rings. The minimum Gasteiger partial charge on any atom is -0.466 e. The highest BCUT2D eigenvalue weighted by molar-refractivity contribution is 5.78. The van der Waals surface area contributed by atoms with Crippen molar-refractivity contribution in [2.24, 2.45) is 0 Å². The first-order valence-electron chi connectivity index (χ1n) is 12.1. The van der Waals surface area contributed by atoms with Crippen LogP contribution in [0.15, 0.2) is 77.3 Å². The molecule has 3 aromatic carbocycles. The van der Waals surface area contributed by atoms with Gasteiger partial charge in [-0.1, -0.05) is 71.9 Å². The lowest BCUT2D eigenvalue weighted by molar-refractivity contribution is -0.148. The number of aryl methyl sites for hydroxylation is 1. The van der Waals surface area contributed by atoms with Crippen molar-refractivity contribution in [3.63, 3.8) is 0 Å². The molecule has 4 rings (SSSR count). The van der Waals surface area contributed by atoms with Crippen molar-refractivity contribution in [3.05, 3.63) is 101 Å². The van der Waals surface area contributed by atoms with Gasteiger partial charge in [-0.05, 0) is 43.5 Å². The number of carbonyl (C=O) groups excluding carboxylic acids is 2. The third-order valence-corrected chi connectivity index (χ3v) is 6.05. The van der Waals surface area contributed by atoms with Crippen molar-refractivity contribution < 1.29 is 28.0 Å². The zero-order chi connectivity index (χ0) is 26.4. The van der Waals surface area contributed by atoms with Crippen molar-refractivity contribution >= 4 is 11.9 Å². The molecule has 1 aromatic heterocycles. The van der Waals surface area contributed by atoms with Crippen LogP contribution in [0.25, 0.3) is 22.5 Å². The summed E-state index contributed by atoms with van der Waals surface area (Å²) in [5.41, 5.74) is 5.18. The molecule has 4 aromatic rings. The van der Waals surface area contributed by atoms with Gasteiger partial charge in [0.05, 0.1) is 25.1 Å². The van der Waals surface area contributed by atoms with E-state index in [0.717, 1.165) is 22.3 Å². The van der Waals surface area contributed by atoms with Crippen LogP contribution in [-0.2, 0) is 31.9 Å². The van der Waals surface area contributed by atoms with Crippen LogP contribution in [0.4, 0.5) is 4.39 Å². The third-order valence-electron chi connectivity index (χ3n) is 6.05. The molecule has 0 unspecified atom stereocenters. The van der Waals surface area contributed by atoms with Crippen LogP contribution in [0.3, 0.4) is 0 Å². The SMILES string of the molecule is CCOC(=O)Cc1ccc(-c2ccc(-c3onc(C)c3CC(=O)O[C@@H](C)c3ccccc3F)cc2)cc1. The fourth-order valence-electron chi connectivity index (χ4n) is 4.08. The Balaban J connectivity index is 1.45. The molecule has 6 nitrogen and oxygen atoms in total. The number of hydrogen-bond acceptors (Lipinski definition) is 6. The first kappa shape index (κ1) is 25.8. The summed E-state index contributed by atoms with van der Waals surface area (Å²) in [4.78, 5) is 24.4. The van der Waals surface area contributed by atoms with E-state index in [4.69, 9.17) is 14.0 Å². The van der Waals surface area contributed by atoms with Crippen molar-refractivity contribution in [2.75, 3.05) is 6.61 Å². The van der Waals surface area contributed by atoms with E-state index < -0.39 is 17.9 Å². The van der Waals surface area contributed by atoms with E-state index >= 15 is 0 Å². The smallest absolute Gasteiger partial charge is 0.311 e. The van der Waals surface area contributed by atoms with Gasteiger partial charge in [0.25, 0.3) is 0 Å². The topological polar surface area (TPSA) is 78.6 Å². The number of benzene rings is 3. The zero-order valence-corrected chi connectivity index (χ0v) is 21.0. The van der Waals surface area contributed by atoms with Gasteiger partial charge in [-0.15, -0.1) is 0 Å². The largest absolute Gasteiger partial charge is 0.466 e. The zero-order valence-electron chi connectivity index (χ0n) is 21.0. The molecular formula is C30H28FNO5. The Morgan fingerprint density at radius 1 is 0.892 bits per heavy atom. The number of carbonyl (C=O) groups is 2. The minimum absolute atomic E-state index is 0.0485. The predicted octanol–water partition coefficient (Wildman–Crippen LogP) is 6.41. The molecule has 0 amide bonds. The molecule has 0 aliphatic rings. The Morgan fingerprint density at radius 3 is 2.16 bits per heavy atom. The lowest BCUT2D eigenvalue weighted by Crippen LogP contribution is -2.13. The minimum atomic E-state index is -0.722. The predicted molar refractivity (Wildman–Crippen MR) is 137 cm³/mol. The highest BCUT2D eigenvalue weighted by Gasteiger charge is 2.21. The third kappa shape index (κ3) is 6.30. The number of ether oxygens (including phenoxy) is 2. The number of esters is 2. The van der Waals surface area contributed by atoms with Gasteiger partial charge in [0.1, 0.15) is 11.9 Å². The second-order valence-electron chi connectivity index (χ2n) is 8.66. The Bertz CT molecular complexity index is 1380. The van der Waals surface area contributed by atoms with Gasteiger partial charge in [-0.2, -0.15) is 0 Å². The molecule has 0 N–H and O–H groups in total. The van der Waals surface area contributed by atoms with E-state index in [1.165, 1.54) is 6.07 Å². The molecule has 190 valence electrons. The lowest BCUT2D eigenvalue weighted by atomic mass is 9.99. The number of nitrogens with zero attached hydrogens (tertiary/aromatic N) is 1. The average Bonchev–Trinajstić information content (AvgIpc) is 3.24. The summed E-state index contributed by atoms with van der Waals surface area (Å²) in [6.45, 7) is 5.56. The van der Waals surface area contributed by atoms with Crippen LogP contribution >= 0.6 is 0 Å². The molecule has 0 aliphatic heterocycles. The van der Waals surface area contributed by atoms with Crippen molar-refractivity contribution in [1.82, 2.24) is 5.16 Å². The van der Waals surface area contributed by atoms with Crippen molar-refractivity contribution in [3.8, 4) is 22.5 Å². The maximum atomic E-state index is 14.0. The quantitative estimate of drug-likeness (QED) is 0.247. The molecule has 1 atom stereocenters. The van der Waals surface area contributed by atoms with Crippen LogP contribution in [0.5, 0.6) is 0 Å². The fraction of sp³-hybridized carbons (Fsp3) is 0.233. The first-order chi connectivity index (χ1) is 17.9. The molecular weight excluding hydrogens is 473 g/mol. The summed E-state index contributed by atoms with van der Waals surface area (Å²) in [5.74, 6) is -0.672. The highest BCUT2D eigenvalue weighted by Crippen LogP contribution is 2.30. The summed E-state index contributed by atoms with van der Waals surface area (Å²) in [7, 11) is 0. The standard InChI is InChI=1S/C30H28FNO5/c1-4-35-28(33)17-21-9-11-22(12-10-21)23-13-15-24(16-14-23)30-26(19(2)32-37-30)18-29(34)36-20(3)25-7-5-6-8-27(25)31/h5-16,20H,4,17-18H2,1-3H3/t20-/m0/s1. The van der Waals surface area contributed by atoms with Crippen LogP contribution in [0.1, 0.15) is 42.3 Å². The van der Waals surface area contributed by atoms with E-state index in [-0.39, 0.29) is 18.8 Å². The number of halogens is 1. The summed E-state index contributed by atoms with van der Waals surface area (Å²) < 4.78 is 30.1. The van der Waals surface area contributed by atoms with E-state index in [2.05, 4.69) is 5.16 Å². The maximum Gasteiger partial charge on any atom is 0.311 e. The van der Waals surface area contributed by atoms with Crippen LogP contribution in [0, 0.1) is 12.7 Å². The van der Waals surface area contributed by atoms with Crippen molar-refractivity contribution in [2.45, 2.75) is 39.7 Å². The number of hydrogen-bond donors (Lipinski definition) is 0. The second-order valence-corrected chi connectivity index (χ2v) is 8.66. The monoisotopic (exact) mass is 501 g/mol. The Morgan fingerprint density at radius 2 is 1.51 bits per heavy atom. The first-order valence-corrected chi connectivity index (χ1v) is 12.1. The van der Waals surface area contributed by atoms with Gasteiger partial charge in [0.2, 0.25) is 0 Å². The lowest BCUT2D eigenvalue weighted by Gasteiger charge is -2.14.